The average Bonchev–Trinajstić information content (AvgIpc) is 3.25. The van der Waals surface area contributed by atoms with Gasteiger partial charge in [0.2, 0.25) is 0 Å². The highest BCUT2D eigenvalue weighted by atomic mass is 32.1. The van der Waals surface area contributed by atoms with Gasteiger partial charge < -0.3 is 4.74 Å². The van der Waals surface area contributed by atoms with Gasteiger partial charge in [0, 0.05) is 33.1 Å². The summed E-state index contributed by atoms with van der Waals surface area (Å²) >= 11 is 3.09. The summed E-state index contributed by atoms with van der Waals surface area (Å²) < 4.78 is 6.35. The Hall–Kier alpha value is -2.57. The van der Waals surface area contributed by atoms with Crippen molar-refractivity contribution < 1.29 is 9.53 Å². The first-order chi connectivity index (χ1) is 12.7. The summed E-state index contributed by atoms with van der Waals surface area (Å²) in [6.45, 7) is 3.98. The van der Waals surface area contributed by atoms with Gasteiger partial charge in [0.15, 0.2) is 0 Å². The predicted molar refractivity (Wildman–Crippen MR) is 107 cm³/mol. The van der Waals surface area contributed by atoms with E-state index in [9.17, 15) is 4.79 Å². The van der Waals surface area contributed by atoms with Gasteiger partial charge in [-0.3, -0.25) is 4.98 Å². The maximum Gasteiger partial charge on any atom is 0.350 e. The quantitative estimate of drug-likeness (QED) is 0.434. The second-order valence-corrected chi connectivity index (χ2v) is 7.85. The van der Waals surface area contributed by atoms with E-state index in [0.29, 0.717) is 17.2 Å². The summed E-state index contributed by atoms with van der Waals surface area (Å²) in [5.74, 6) is -0.317. The molecule has 4 rings (SSSR count). The molecule has 4 aromatic rings. The van der Waals surface area contributed by atoms with Crippen LogP contribution < -0.4 is 0 Å². The van der Waals surface area contributed by atoms with E-state index in [1.54, 1.807) is 24.5 Å². The van der Waals surface area contributed by atoms with Gasteiger partial charge >= 0.3 is 5.97 Å². The van der Waals surface area contributed by atoms with Crippen molar-refractivity contribution >= 4 is 38.7 Å². The van der Waals surface area contributed by atoms with Crippen molar-refractivity contribution in [3.05, 3.63) is 59.4 Å². The van der Waals surface area contributed by atoms with Crippen molar-refractivity contribution in [3.63, 3.8) is 0 Å². The lowest BCUT2D eigenvalue weighted by atomic mass is 10.1. The zero-order valence-electron chi connectivity index (χ0n) is 14.4. The third-order valence-corrected chi connectivity index (χ3v) is 6.30. The van der Waals surface area contributed by atoms with Crippen molar-refractivity contribution in [3.8, 4) is 21.0 Å². The third-order valence-electron chi connectivity index (χ3n) is 3.95. The minimum atomic E-state index is -0.317. The molecule has 6 heteroatoms. The predicted octanol–water partition coefficient (Wildman–Crippen LogP) is 5.57. The Morgan fingerprint density at radius 2 is 1.92 bits per heavy atom. The second kappa shape index (κ2) is 6.97. The number of fused-ring (bicyclic) bond motifs is 1. The van der Waals surface area contributed by atoms with Crippen LogP contribution in [0.3, 0.4) is 0 Å². The summed E-state index contributed by atoms with van der Waals surface area (Å²) in [4.78, 5) is 22.7. The van der Waals surface area contributed by atoms with E-state index < -0.39 is 0 Å². The molecular formula is C20H16N2O2S2. The van der Waals surface area contributed by atoms with Crippen molar-refractivity contribution in [2.45, 2.75) is 13.8 Å². The standard InChI is InChI=1S/C20H16N2O2S2/c1-3-24-20(23)18-12(2)22-19(26-18)15-8-14(10-21-11-15)17-9-13-6-4-5-7-16(13)25-17/h4-11H,3H2,1-2H3. The van der Waals surface area contributed by atoms with Crippen LogP contribution in [0, 0.1) is 6.92 Å². The van der Waals surface area contributed by atoms with E-state index in [1.807, 2.05) is 25.3 Å². The van der Waals surface area contributed by atoms with Crippen LogP contribution in [0.25, 0.3) is 31.1 Å². The number of aryl methyl sites for hydroxylation is 1. The fourth-order valence-corrected chi connectivity index (χ4v) is 4.71. The molecule has 0 fully saturated rings. The number of carbonyl (C=O) groups excluding carboxylic acids is 1. The van der Waals surface area contributed by atoms with Gasteiger partial charge in [0.1, 0.15) is 9.88 Å². The molecule has 130 valence electrons. The molecule has 0 N–H and O–H groups in total. The highest BCUT2D eigenvalue weighted by molar-refractivity contribution is 7.22. The number of benzene rings is 1. The number of carbonyl (C=O) groups is 1. The smallest absolute Gasteiger partial charge is 0.350 e. The van der Waals surface area contributed by atoms with Gasteiger partial charge in [-0.05, 0) is 37.4 Å². The minimum Gasteiger partial charge on any atom is -0.462 e. The summed E-state index contributed by atoms with van der Waals surface area (Å²) in [5, 5.41) is 2.01. The Bertz CT molecular complexity index is 1070. The van der Waals surface area contributed by atoms with E-state index in [-0.39, 0.29) is 5.97 Å². The van der Waals surface area contributed by atoms with E-state index in [4.69, 9.17) is 4.74 Å². The Morgan fingerprint density at radius 1 is 1.12 bits per heavy atom. The number of nitrogens with zero attached hydrogens (tertiary/aromatic N) is 2. The number of pyridine rings is 1. The molecule has 0 unspecified atom stereocenters. The van der Waals surface area contributed by atoms with Crippen LogP contribution in [0.2, 0.25) is 0 Å². The van der Waals surface area contributed by atoms with Gasteiger partial charge in [-0.1, -0.05) is 18.2 Å². The average molecular weight is 380 g/mol. The monoisotopic (exact) mass is 380 g/mol. The second-order valence-electron chi connectivity index (χ2n) is 5.76. The van der Waals surface area contributed by atoms with Gasteiger partial charge in [-0.15, -0.1) is 22.7 Å². The number of aromatic nitrogens is 2. The number of ether oxygens (including phenoxy) is 1. The minimum absolute atomic E-state index is 0.317. The fraction of sp³-hybridized carbons (Fsp3) is 0.150. The summed E-state index contributed by atoms with van der Waals surface area (Å²) in [6, 6.07) is 12.6. The Balaban J connectivity index is 1.72. The SMILES string of the molecule is CCOC(=O)c1sc(-c2cncc(-c3cc4ccccc4s3)c2)nc1C. The molecule has 26 heavy (non-hydrogen) atoms. The van der Waals surface area contributed by atoms with E-state index >= 15 is 0 Å². The molecule has 0 saturated carbocycles. The van der Waals surface area contributed by atoms with Gasteiger partial charge in [-0.2, -0.15) is 0 Å². The normalized spacial score (nSPS) is 11.0. The molecule has 0 aliphatic rings. The lowest BCUT2D eigenvalue weighted by molar-refractivity contribution is 0.0531. The number of esters is 1. The Labute approximate surface area is 159 Å². The van der Waals surface area contributed by atoms with E-state index in [0.717, 1.165) is 16.1 Å². The van der Waals surface area contributed by atoms with Crippen LogP contribution in [-0.4, -0.2) is 22.5 Å². The highest BCUT2D eigenvalue weighted by Gasteiger charge is 2.17. The molecule has 3 heterocycles. The van der Waals surface area contributed by atoms with Crippen LogP contribution in [0.1, 0.15) is 22.3 Å². The lowest BCUT2D eigenvalue weighted by Gasteiger charge is -2.00. The van der Waals surface area contributed by atoms with E-state index in [2.05, 4.69) is 34.2 Å². The van der Waals surface area contributed by atoms with Crippen LogP contribution in [-0.2, 0) is 4.74 Å². The van der Waals surface area contributed by atoms with Crippen molar-refractivity contribution in [1.82, 2.24) is 9.97 Å². The summed E-state index contributed by atoms with van der Waals surface area (Å²) in [5.41, 5.74) is 2.65. The van der Waals surface area contributed by atoms with Crippen molar-refractivity contribution in [2.24, 2.45) is 0 Å². The maximum atomic E-state index is 12.0. The molecule has 0 aliphatic heterocycles. The molecule has 0 atom stereocenters. The largest absolute Gasteiger partial charge is 0.462 e. The number of thiazole rings is 1. The third kappa shape index (κ3) is 3.13. The lowest BCUT2D eigenvalue weighted by Crippen LogP contribution is -2.03. The first-order valence-corrected chi connectivity index (χ1v) is 9.88. The molecule has 1 aromatic carbocycles. The van der Waals surface area contributed by atoms with Gasteiger partial charge in [0.25, 0.3) is 0 Å². The number of thiophene rings is 1. The van der Waals surface area contributed by atoms with Crippen molar-refractivity contribution in [2.75, 3.05) is 6.61 Å². The fourth-order valence-electron chi connectivity index (χ4n) is 2.72. The molecule has 0 spiro atoms. The maximum absolute atomic E-state index is 12.0. The Kier molecular flexibility index (Phi) is 4.53. The van der Waals surface area contributed by atoms with E-state index in [1.165, 1.54) is 26.3 Å². The highest BCUT2D eigenvalue weighted by Crippen LogP contribution is 2.35. The first-order valence-electron chi connectivity index (χ1n) is 8.24. The van der Waals surface area contributed by atoms with Crippen LogP contribution in [0.5, 0.6) is 0 Å². The molecular weight excluding hydrogens is 364 g/mol. The molecule has 0 saturated heterocycles. The van der Waals surface area contributed by atoms with Crippen molar-refractivity contribution in [1.29, 1.82) is 0 Å². The number of hydrogen-bond donors (Lipinski definition) is 0. The zero-order valence-corrected chi connectivity index (χ0v) is 16.0. The molecule has 0 radical (unpaired) electrons. The zero-order chi connectivity index (χ0) is 18.1. The molecule has 3 aromatic heterocycles. The molecule has 0 amide bonds. The summed E-state index contributed by atoms with van der Waals surface area (Å²) in [7, 11) is 0. The molecule has 0 bridgehead atoms. The number of hydrogen-bond acceptors (Lipinski definition) is 6. The molecule has 4 nitrogen and oxygen atoms in total. The van der Waals surface area contributed by atoms with Gasteiger partial charge in [-0.25, -0.2) is 9.78 Å². The summed E-state index contributed by atoms with van der Waals surface area (Å²) in [6.07, 6.45) is 3.64. The van der Waals surface area contributed by atoms with Gasteiger partial charge in [0.05, 0.1) is 12.3 Å². The van der Waals surface area contributed by atoms with Crippen LogP contribution >= 0.6 is 22.7 Å². The molecule has 0 aliphatic carbocycles. The topological polar surface area (TPSA) is 52.1 Å². The van der Waals surface area contributed by atoms with Crippen LogP contribution in [0.15, 0.2) is 48.8 Å². The first kappa shape index (κ1) is 16.9. The van der Waals surface area contributed by atoms with Crippen LogP contribution in [0.4, 0.5) is 0 Å². The number of rotatable bonds is 4. The Morgan fingerprint density at radius 3 is 2.73 bits per heavy atom.